The van der Waals surface area contributed by atoms with Crippen LogP contribution >= 0.6 is 12.2 Å². The number of nitro groups is 1. The molecule has 1 heterocycles. The van der Waals surface area contributed by atoms with Crippen molar-refractivity contribution in [1.29, 1.82) is 0 Å². The molecule has 2 rings (SSSR count). The van der Waals surface area contributed by atoms with Crippen LogP contribution < -0.4 is 10.6 Å². The fourth-order valence-electron chi connectivity index (χ4n) is 1.69. The van der Waals surface area contributed by atoms with Gasteiger partial charge in [0.05, 0.1) is 4.92 Å². The van der Waals surface area contributed by atoms with E-state index in [-0.39, 0.29) is 16.4 Å². The molecule has 8 heteroatoms. The first-order valence-corrected chi connectivity index (χ1v) is 5.92. The van der Waals surface area contributed by atoms with Crippen LogP contribution in [0.3, 0.4) is 0 Å². The predicted octanol–water partition coefficient (Wildman–Crippen LogP) is 0.818. The van der Waals surface area contributed by atoms with Crippen LogP contribution in [0.25, 0.3) is 6.08 Å². The Balaban J connectivity index is 2.42. The summed E-state index contributed by atoms with van der Waals surface area (Å²) in [5, 5.41) is 15.4. The van der Waals surface area contributed by atoms with E-state index >= 15 is 0 Å². The Kier molecular flexibility index (Phi) is 3.57. The molecule has 0 saturated carbocycles. The molecule has 1 aromatic rings. The highest BCUT2D eigenvalue weighted by Crippen LogP contribution is 2.21. The van der Waals surface area contributed by atoms with Crippen molar-refractivity contribution >= 4 is 40.9 Å². The van der Waals surface area contributed by atoms with Crippen LogP contribution in [0, 0.1) is 17.0 Å². The lowest BCUT2D eigenvalue weighted by molar-refractivity contribution is -0.385. The highest BCUT2D eigenvalue weighted by molar-refractivity contribution is 7.80. The van der Waals surface area contributed by atoms with Gasteiger partial charge in [-0.25, -0.2) is 0 Å². The van der Waals surface area contributed by atoms with E-state index in [1.54, 1.807) is 19.1 Å². The van der Waals surface area contributed by atoms with Crippen molar-refractivity contribution in [3.05, 3.63) is 45.0 Å². The summed E-state index contributed by atoms with van der Waals surface area (Å²) in [6.45, 7) is 1.60. The molecule has 1 aliphatic heterocycles. The van der Waals surface area contributed by atoms with Gasteiger partial charge in [0, 0.05) is 11.6 Å². The second kappa shape index (κ2) is 5.17. The van der Waals surface area contributed by atoms with Crippen LogP contribution in [0.4, 0.5) is 5.69 Å². The van der Waals surface area contributed by atoms with Gasteiger partial charge in [-0.05, 0) is 30.8 Å². The molecule has 0 unspecified atom stereocenters. The summed E-state index contributed by atoms with van der Waals surface area (Å²) >= 11 is 4.67. The Morgan fingerprint density at radius 2 is 1.85 bits per heavy atom. The molecule has 0 atom stereocenters. The van der Waals surface area contributed by atoms with Crippen molar-refractivity contribution < 1.29 is 14.5 Å². The summed E-state index contributed by atoms with van der Waals surface area (Å²) in [5.41, 5.74) is 0.648. The summed E-state index contributed by atoms with van der Waals surface area (Å²) in [6, 6.07) is 4.44. The minimum Gasteiger partial charge on any atom is -0.299 e. The maximum absolute atomic E-state index is 11.6. The number of carbonyl (C=O) groups excluding carboxylic acids is 2. The number of amides is 2. The average molecular weight is 291 g/mol. The third kappa shape index (κ3) is 2.69. The van der Waals surface area contributed by atoms with Crippen LogP contribution in [-0.4, -0.2) is 21.9 Å². The lowest BCUT2D eigenvalue weighted by Gasteiger charge is -2.16. The third-order valence-electron chi connectivity index (χ3n) is 2.68. The normalized spacial score (nSPS) is 14.7. The van der Waals surface area contributed by atoms with Crippen LogP contribution in [-0.2, 0) is 9.59 Å². The molecular formula is C12H9N3O4S. The Morgan fingerprint density at radius 3 is 2.40 bits per heavy atom. The first kappa shape index (κ1) is 13.8. The van der Waals surface area contributed by atoms with Gasteiger partial charge in [0.2, 0.25) is 0 Å². The third-order valence-corrected chi connectivity index (χ3v) is 2.89. The molecule has 20 heavy (non-hydrogen) atoms. The monoisotopic (exact) mass is 291 g/mol. The molecule has 0 aliphatic carbocycles. The van der Waals surface area contributed by atoms with Crippen molar-refractivity contribution in [3.8, 4) is 0 Å². The van der Waals surface area contributed by atoms with E-state index < -0.39 is 16.7 Å². The topological polar surface area (TPSA) is 101 Å². The summed E-state index contributed by atoms with van der Waals surface area (Å²) in [6.07, 6.45) is 1.28. The van der Waals surface area contributed by atoms with E-state index in [0.29, 0.717) is 11.1 Å². The molecular weight excluding hydrogens is 282 g/mol. The number of rotatable bonds is 2. The largest absolute Gasteiger partial charge is 0.299 e. The number of benzene rings is 1. The van der Waals surface area contributed by atoms with Crippen molar-refractivity contribution in [2.75, 3.05) is 0 Å². The average Bonchev–Trinajstić information content (AvgIpc) is 2.35. The Morgan fingerprint density at radius 1 is 1.25 bits per heavy atom. The van der Waals surface area contributed by atoms with Gasteiger partial charge in [-0.3, -0.25) is 30.3 Å². The van der Waals surface area contributed by atoms with Crippen molar-refractivity contribution in [2.45, 2.75) is 6.92 Å². The van der Waals surface area contributed by atoms with Gasteiger partial charge in [0.1, 0.15) is 5.57 Å². The quantitative estimate of drug-likeness (QED) is 0.276. The molecule has 1 aromatic carbocycles. The number of nitrogens with zero attached hydrogens (tertiary/aromatic N) is 1. The van der Waals surface area contributed by atoms with Gasteiger partial charge in [-0.2, -0.15) is 0 Å². The lowest BCUT2D eigenvalue weighted by Crippen LogP contribution is -2.51. The van der Waals surface area contributed by atoms with Gasteiger partial charge in [0.15, 0.2) is 5.11 Å². The van der Waals surface area contributed by atoms with Crippen molar-refractivity contribution in [1.82, 2.24) is 10.6 Å². The number of nitro benzene ring substituents is 1. The minimum absolute atomic E-state index is 0.0629. The van der Waals surface area contributed by atoms with E-state index in [1.807, 2.05) is 0 Å². The van der Waals surface area contributed by atoms with Gasteiger partial charge in [0.25, 0.3) is 17.5 Å². The number of nitrogens with one attached hydrogen (secondary N) is 2. The van der Waals surface area contributed by atoms with E-state index in [4.69, 9.17) is 0 Å². The Bertz CT molecular complexity index is 659. The summed E-state index contributed by atoms with van der Waals surface area (Å²) in [4.78, 5) is 33.6. The maximum Gasteiger partial charge on any atom is 0.272 e. The second-order valence-corrected chi connectivity index (χ2v) is 4.51. The van der Waals surface area contributed by atoms with Gasteiger partial charge in [-0.1, -0.05) is 12.1 Å². The number of hydrogen-bond donors (Lipinski definition) is 2. The van der Waals surface area contributed by atoms with Gasteiger partial charge < -0.3 is 0 Å². The zero-order valence-corrected chi connectivity index (χ0v) is 11.1. The molecule has 1 saturated heterocycles. The fourth-order valence-corrected chi connectivity index (χ4v) is 1.87. The number of aryl methyl sites for hydroxylation is 1. The summed E-state index contributed by atoms with van der Waals surface area (Å²) in [7, 11) is 0. The molecule has 1 aliphatic rings. The van der Waals surface area contributed by atoms with Crippen LogP contribution in [0.1, 0.15) is 11.1 Å². The first-order chi connectivity index (χ1) is 9.38. The van der Waals surface area contributed by atoms with Crippen LogP contribution in [0.15, 0.2) is 23.8 Å². The smallest absolute Gasteiger partial charge is 0.272 e. The molecule has 102 valence electrons. The molecule has 0 aromatic heterocycles. The molecule has 0 bridgehead atoms. The Hall–Kier alpha value is -2.61. The second-order valence-electron chi connectivity index (χ2n) is 4.10. The molecule has 0 spiro atoms. The molecule has 0 radical (unpaired) electrons. The minimum atomic E-state index is -0.637. The predicted molar refractivity (Wildman–Crippen MR) is 74.7 cm³/mol. The highest BCUT2D eigenvalue weighted by atomic mass is 32.1. The van der Waals surface area contributed by atoms with Crippen LogP contribution in [0.2, 0.25) is 0 Å². The SMILES string of the molecule is Cc1ccc(C=C2C(=O)NC(=S)NC2=O)cc1[N+](=O)[O-]. The van der Waals surface area contributed by atoms with E-state index in [1.165, 1.54) is 12.1 Å². The fraction of sp³-hybridized carbons (Fsp3) is 0.0833. The first-order valence-electron chi connectivity index (χ1n) is 5.52. The molecule has 1 fully saturated rings. The lowest BCUT2D eigenvalue weighted by atomic mass is 10.1. The van der Waals surface area contributed by atoms with E-state index in [0.717, 1.165) is 0 Å². The number of hydrogen-bond acceptors (Lipinski definition) is 5. The molecule has 2 amide bonds. The maximum atomic E-state index is 11.6. The number of carbonyl (C=O) groups is 2. The summed E-state index contributed by atoms with van der Waals surface area (Å²) < 4.78 is 0. The van der Waals surface area contributed by atoms with Crippen LogP contribution in [0.5, 0.6) is 0 Å². The highest BCUT2D eigenvalue weighted by Gasteiger charge is 2.25. The summed E-state index contributed by atoms with van der Waals surface area (Å²) in [5.74, 6) is -1.27. The standard InChI is InChI=1S/C12H9N3O4S/c1-6-2-3-7(5-9(6)15(18)19)4-8-10(16)13-12(20)14-11(8)17/h2-5H,1H3,(H2,13,14,16,17,20). The molecule has 7 nitrogen and oxygen atoms in total. The van der Waals surface area contributed by atoms with E-state index in [9.17, 15) is 19.7 Å². The van der Waals surface area contributed by atoms with Crippen molar-refractivity contribution in [2.24, 2.45) is 0 Å². The van der Waals surface area contributed by atoms with E-state index in [2.05, 4.69) is 22.9 Å². The van der Waals surface area contributed by atoms with Crippen molar-refractivity contribution in [3.63, 3.8) is 0 Å². The van der Waals surface area contributed by atoms with Gasteiger partial charge >= 0.3 is 0 Å². The Labute approximate surface area is 118 Å². The molecule has 2 N–H and O–H groups in total. The zero-order valence-electron chi connectivity index (χ0n) is 10.3. The zero-order chi connectivity index (χ0) is 14.9. The number of thiocarbonyl (C=S) groups is 1. The van der Waals surface area contributed by atoms with Gasteiger partial charge in [-0.15, -0.1) is 0 Å².